The highest BCUT2D eigenvalue weighted by molar-refractivity contribution is 6.22. The third-order valence-corrected chi connectivity index (χ3v) is 7.22. The monoisotopic (exact) mass is 505 g/mol. The summed E-state index contributed by atoms with van der Waals surface area (Å²) in [4.78, 5) is 0. The molecule has 1 heteroatoms. The summed E-state index contributed by atoms with van der Waals surface area (Å²) in [5.74, 6) is 0. The average molecular weight is 506 g/mol. The Bertz CT molecular complexity index is 2590. The molecule has 8 rings (SSSR count). The van der Waals surface area contributed by atoms with Gasteiger partial charge in [-0.15, -0.1) is 0 Å². The number of furan rings is 1. The van der Waals surface area contributed by atoms with Gasteiger partial charge in [0, 0.05) is 10.8 Å². The van der Waals surface area contributed by atoms with Crippen LogP contribution in [0, 0.1) is 0 Å². The molecule has 0 aliphatic rings. The fraction of sp³-hybridized carbons (Fsp3) is 0. The zero-order chi connectivity index (χ0) is 33.6. The molecule has 7 aromatic carbocycles. The van der Waals surface area contributed by atoms with Crippen LogP contribution in [0.3, 0.4) is 0 Å². The fourth-order valence-electron chi connectivity index (χ4n) is 5.56. The lowest BCUT2D eigenvalue weighted by Crippen LogP contribution is -1.91. The van der Waals surface area contributed by atoms with Crippen LogP contribution in [0.5, 0.6) is 0 Å². The highest BCUT2D eigenvalue weighted by Gasteiger charge is 2.18. The lowest BCUT2D eigenvalue weighted by atomic mass is 9.85. The van der Waals surface area contributed by atoms with E-state index in [0.717, 1.165) is 43.8 Å². The van der Waals surface area contributed by atoms with Crippen molar-refractivity contribution in [2.45, 2.75) is 0 Å². The molecule has 0 aliphatic heterocycles. The van der Waals surface area contributed by atoms with E-state index in [2.05, 4.69) is 6.07 Å². The van der Waals surface area contributed by atoms with Gasteiger partial charge < -0.3 is 4.42 Å². The smallest absolute Gasteiger partial charge is 0.135 e. The number of para-hydroxylation sites is 1. The molecule has 0 amide bonds. The highest BCUT2D eigenvalue weighted by Crippen LogP contribution is 2.45. The van der Waals surface area contributed by atoms with Crippen LogP contribution in [0.4, 0.5) is 0 Å². The predicted molar refractivity (Wildman–Crippen MR) is 165 cm³/mol. The molecule has 0 saturated heterocycles. The van der Waals surface area contributed by atoms with Gasteiger partial charge in [0.2, 0.25) is 0 Å². The van der Waals surface area contributed by atoms with Crippen LogP contribution < -0.4 is 0 Å². The Kier molecular flexibility index (Phi) is 3.29. The summed E-state index contributed by atoms with van der Waals surface area (Å²) in [7, 11) is 0. The van der Waals surface area contributed by atoms with Gasteiger partial charge in [0.05, 0.1) is 12.3 Å². The quantitative estimate of drug-likeness (QED) is 0.218. The first-order valence-corrected chi connectivity index (χ1v) is 12.6. The van der Waals surface area contributed by atoms with Gasteiger partial charge in [-0.2, -0.15) is 0 Å². The third-order valence-electron chi connectivity index (χ3n) is 7.22. The third kappa shape index (κ3) is 3.48. The number of fused-ring (bicyclic) bond motifs is 5. The van der Waals surface area contributed by atoms with Gasteiger partial charge in [0.15, 0.2) is 0 Å². The minimum atomic E-state index is -0.601. The second-order valence-corrected chi connectivity index (χ2v) is 9.40. The van der Waals surface area contributed by atoms with Crippen LogP contribution in [0.1, 0.15) is 12.3 Å². The van der Waals surface area contributed by atoms with E-state index < -0.39 is 42.3 Å². The van der Waals surface area contributed by atoms with Crippen LogP contribution in [-0.2, 0) is 0 Å². The molecule has 0 atom stereocenters. The van der Waals surface area contributed by atoms with E-state index in [-0.39, 0.29) is 28.8 Å². The topological polar surface area (TPSA) is 13.1 Å². The van der Waals surface area contributed by atoms with E-state index in [1.54, 1.807) is 0 Å². The Hall–Kier alpha value is -5.14. The van der Waals surface area contributed by atoms with Gasteiger partial charge in [0.1, 0.15) is 11.2 Å². The Morgan fingerprint density at radius 1 is 0.410 bits per heavy atom. The van der Waals surface area contributed by atoms with Crippen molar-refractivity contribution in [1.82, 2.24) is 0 Å². The summed E-state index contributed by atoms with van der Waals surface area (Å²) in [5, 5.41) is 5.04. The van der Waals surface area contributed by atoms with Crippen LogP contribution in [0.25, 0.3) is 76.9 Å². The van der Waals surface area contributed by atoms with Crippen LogP contribution in [-0.4, -0.2) is 0 Å². The molecule has 0 bridgehead atoms. The number of rotatable bonds is 3. The molecule has 0 spiro atoms. The minimum Gasteiger partial charge on any atom is -0.456 e. The fourth-order valence-corrected chi connectivity index (χ4v) is 5.56. The molecule has 0 radical (unpaired) electrons. The number of hydrogen-bond acceptors (Lipinski definition) is 1. The molecule has 0 saturated carbocycles. The van der Waals surface area contributed by atoms with Gasteiger partial charge >= 0.3 is 0 Å². The van der Waals surface area contributed by atoms with Crippen molar-refractivity contribution >= 4 is 43.5 Å². The molecule has 8 aromatic rings. The predicted octanol–water partition coefficient (Wildman–Crippen LogP) is 10.9. The van der Waals surface area contributed by atoms with Gasteiger partial charge in [-0.05, 0) is 79.2 Å². The molecule has 0 N–H and O–H groups in total. The Morgan fingerprint density at radius 3 is 1.64 bits per heavy atom. The van der Waals surface area contributed by atoms with Gasteiger partial charge in [-0.25, -0.2) is 0 Å². The molecular weight excluding hydrogens is 472 g/mol. The van der Waals surface area contributed by atoms with Crippen molar-refractivity contribution in [3.8, 4) is 33.4 Å². The molecule has 182 valence electrons. The molecule has 0 unspecified atom stereocenters. The van der Waals surface area contributed by atoms with E-state index in [1.165, 1.54) is 0 Å². The van der Waals surface area contributed by atoms with Gasteiger partial charge in [-0.1, -0.05) is 121 Å². The van der Waals surface area contributed by atoms with Gasteiger partial charge in [-0.3, -0.25) is 0 Å². The Balaban J connectivity index is 1.50. The van der Waals surface area contributed by atoms with Crippen molar-refractivity contribution in [2.75, 3.05) is 0 Å². The molecule has 1 aromatic heterocycles. The largest absolute Gasteiger partial charge is 0.456 e. The SMILES string of the molecule is [2H]c1c([2H])c([2H])c(-c2c([2H])c([2H])c([2H])c(-c3c4ccccc4c(-c4ccc5oc6ccccc6c5c4)c4ccccc34)c2[2H])c([2H])c1[2H]. The van der Waals surface area contributed by atoms with E-state index in [9.17, 15) is 1.37 Å². The molecule has 0 aliphatic carbocycles. The van der Waals surface area contributed by atoms with Crippen LogP contribution in [0.15, 0.2) is 150 Å². The van der Waals surface area contributed by atoms with Crippen LogP contribution in [0.2, 0.25) is 0 Å². The summed E-state index contributed by atoms with van der Waals surface area (Å²) >= 11 is 0. The van der Waals surface area contributed by atoms with E-state index in [4.69, 9.17) is 15.4 Å². The van der Waals surface area contributed by atoms with E-state index in [0.29, 0.717) is 16.3 Å². The maximum atomic E-state index is 9.44. The maximum Gasteiger partial charge on any atom is 0.135 e. The standard InChI is InChI=1S/C38H24O/c1-2-11-25(12-3-1)26-13-10-14-27(23-26)37-30-16-4-6-18-32(30)38(33-19-7-5-17-31(33)37)28-21-22-36-34(24-28)29-15-8-9-20-35(29)39-36/h1-24H/i1D,2D,3D,10D,11D,12D,13D,14D,23D. The molecule has 1 nitrogen and oxygen atoms in total. The Labute approximate surface area is 239 Å². The first-order valence-electron chi connectivity index (χ1n) is 17.1. The first kappa shape index (κ1) is 14.7. The molecule has 0 fully saturated rings. The lowest BCUT2D eigenvalue weighted by molar-refractivity contribution is 0.669. The zero-order valence-electron chi connectivity index (χ0n) is 29.6. The summed E-state index contributed by atoms with van der Waals surface area (Å²) in [6, 6.07) is 24.6. The average Bonchev–Trinajstić information content (AvgIpc) is 3.48. The first-order chi connectivity index (χ1) is 23.1. The van der Waals surface area contributed by atoms with Gasteiger partial charge in [0.25, 0.3) is 0 Å². The van der Waals surface area contributed by atoms with Crippen molar-refractivity contribution in [3.63, 3.8) is 0 Å². The highest BCUT2D eigenvalue weighted by atomic mass is 16.3. The number of benzene rings is 7. The summed E-state index contributed by atoms with van der Waals surface area (Å²) in [5.41, 5.74) is 3.36. The molecule has 1 heterocycles. The molecular formula is C38H24O. The zero-order valence-corrected chi connectivity index (χ0v) is 20.6. The van der Waals surface area contributed by atoms with E-state index >= 15 is 0 Å². The summed E-state index contributed by atoms with van der Waals surface area (Å²) < 4.78 is 83.9. The van der Waals surface area contributed by atoms with Crippen LogP contribution >= 0.6 is 0 Å². The van der Waals surface area contributed by atoms with E-state index in [1.807, 2.05) is 84.9 Å². The second kappa shape index (κ2) is 8.72. The maximum absolute atomic E-state index is 9.44. The summed E-state index contributed by atoms with van der Waals surface area (Å²) in [6.45, 7) is 0. The number of hydrogen-bond donors (Lipinski definition) is 0. The second-order valence-electron chi connectivity index (χ2n) is 9.40. The van der Waals surface area contributed by atoms with Crippen molar-refractivity contribution in [1.29, 1.82) is 0 Å². The lowest BCUT2D eigenvalue weighted by Gasteiger charge is -2.18. The normalized spacial score (nSPS) is 14.8. The minimum absolute atomic E-state index is 0.0491. The van der Waals surface area contributed by atoms with Crippen molar-refractivity contribution < 1.29 is 16.8 Å². The molecule has 39 heavy (non-hydrogen) atoms. The summed E-state index contributed by atoms with van der Waals surface area (Å²) in [6.07, 6.45) is 0. The van der Waals surface area contributed by atoms with Crippen molar-refractivity contribution in [3.05, 3.63) is 145 Å². The van der Waals surface area contributed by atoms with Crippen molar-refractivity contribution in [2.24, 2.45) is 0 Å². The Morgan fingerprint density at radius 2 is 0.949 bits per heavy atom.